The first-order valence-electron chi connectivity index (χ1n) is 12.9. The van der Waals surface area contributed by atoms with Crippen LogP contribution in [0, 0.1) is 27.7 Å². The van der Waals surface area contributed by atoms with E-state index in [1.807, 2.05) is 50.2 Å². The van der Waals surface area contributed by atoms with Gasteiger partial charge in [-0.25, -0.2) is 4.79 Å². The van der Waals surface area contributed by atoms with Crippen LogP contribution in [-0.2, 0) is 17.8 Å². The minimum absolute atomic E-state index is 0.189. The number of benzene rings is 3. The number of hydrogen-bond acceptors (Lipinski definition) is 4. The number of nitrogens with zero attached hydrogens (tertiary/aromatic N) is 3. The molecule has 1 N–H and O–H groups in total. The van der Waals surface area contributed by atoms with Gasteiger partial charge in [-0.05, 0) is 68.7 Å². The molecule has 0 unspecified atom stereocenters. The van der Waals surface area contributed by atoms with Crippen LogP contribution in [0.1, 0.15) is 54.5 Å². The molecule has 1 amide bonds. The summed E-state index contributed by atoms with van der Waals surface area (Å²) in [6.45, 7) is 9.16. The number of ether oxygens (including phenoxy) is 1. The van der Waals surface area contributed by atoms with Crippen molar-refractivity contribution in [3.8, 4) is 0 Å². The number of esters is 1. The van der Waals surface area contributed by atoms with Crippen molar-refractivity contribution in [2.75, 3.05) is 12.4 Å². The first kappa shape index (κ1) is 26.0. The molecule has 0 aliphatic rings. The van der Waals surface area contributed by atoms with Crippen molar-refractivity contribution >= 4 is 28.5 Å². The lowest BCUT2D eigenvalue weighted by Gasteiger charge is -2.11. The number of aryl methyl sites for hydroxylation is 2. The molecule has 2 aromatic heterocycles. The first-order valence-corrected chi connectivity index (χ1v) is 12.9. The average Bonchev–Trinajstić information content (AvgIpc) is 3.35. The van der Waals surface area contributed by atoms with Crippen LogP contribution in [-0.4, -0.2) is 33.3 Å². The molecular weight excluding hydrogens is 488 g/mol. The molecule has 3 aromatic carbocycles. The van der Waals surface area contributed by atoms with Gasteiger partial charge >= 0.3 is 5.97 Å². The molecule has 198 valence electrons. The van der Waals surface area contributed by atoms with E-state index in [9.17, 15) is 9.59 Å². The molecule has 0 fully saturated rings. The second-order valence-electron chi connectivity index (χ2n) is 9.82. The number of fused-ring (bicyclic) bond motifs is 1. The quantitative estimate of drug-likeness (QED) is 0.259. The van der Waals surface area contributed by atoms with Crippen LogP contribution < -0.4 is 5.32 Å². The Kier molecular flexibility index (Phi) is 7.07. The number of anilines is 1. The molecule has 0 aliphatic heterocycles. The van der Waals surface area contributed by atoms with Crippen LogP contribution in [0.25, 0.3) is 10.9 Å². The molecule has 7 heteroatoms. The van der Waals surface area contributed by atoms with Gasteiger partial charge in [0.1, 0.15) is 0 Å². The highest BCUT2D eigenvalue weighted by Gasteiger charge is 2.19. The number of methoxy groups -OCH3 is 1. The maximum atomic E-state index is 13.4. The SMILES string of the molecule is COC(=O)c1ccccc1Cn1nc(C)c(NC(=O)c2ccc3c(c2)c(C)c(C)n3Cc2ccccc2)c1C. The fraction of sp³-hybridized carbons (Fsp3) is 0.219. The van der Waals surface area contributed by atoms with Crippen LogP contribution >= 0.6 is 0 Å². The number of amides is 1. The van der Waals surface area contributed by atoms with Crippen molar-refractivity contribution in [1.82, 2.24) is 14.3 Å². The van der Waals surface area contributed by atoms with E-state index in [2.05, 4.69) is 53.1 Å². The summed E-state index contributed by atoms with van der Waals surface area (Å²) in [4.78, 5) is 25.6. The summed E-state index contributed by atoms with van der Waals surface area (Å²) in [5.74, 6) is -0.579. The van der Waals surface area contributed by atoms with Gasteiger partial charge in [-0.3, -0.25) is 9.48 Å². The van der Waals surface area contributed by atoms with Gasteiger partial charge in [0.25, 0.3) is 5.91 Å². The van der Waals surface area contributed by atoms with E-state index < -0.39 is 0 Å². The number of carbonyl (C=O) groups excluding carboxylic acids is 2. The van der Waals surface area contributed by atoms with Gasteiger partial charge in [-0.2, -0.15) is 5.10 Å². The fourth-order valence-corrected chi connectivity index (χ4v) is 5.11. The third-order valence-electron chi connectivity index (χ3n) is 7.45. The number of carbonyl (C=O) groups is 2. The molecule has 2 heterocycles. The van der Waals surface area contributed by atoms with Crippen molar-refractivity contribution in [3.63, 3.8) is 0 Å². The number of rotatable bonds is 7. The molecule has 0 bridgehead atoms. The molecule has 39 heavy (non-hydrogen) atoms. The van der Waals surface area contributed by atoms with Crippen molar-refractivity contribution < 1.29 is 14.3 Å². The van der Waals surface area contributed by atoms with E-state index in [1.165, 1.54) is 23.9 Å². The zero-order chi connectivity index (χ0) is 27.7. The summed E-state index contributed by atoms with van der Waals surface area (Å²) < 4.78 is 9.02. The molecule has 0 atom stereocenters. The summed E-state index contributed by atoms with van der Waals surface area (Å²) in [6, 6.07) is 23.5. The summed E-state index contributed by atoms with van der Waals surface area (Å²) >= 11 is 0. The number of nitrogens with one attached hydrogen (secondary N) is 1. The Morgan fingerprint density at radius 3 is 2.33 bits per heavy atom. The highest BCUT2D eigenvalue weighted by molar-refractivity contribution is 6.07. The molecule has 0 saturated heterocycles. The number of aromatic nitrogens is 3. The maximum Gasteiger partial charge on any atom is 0.338 e. The lowest BCUT2D eigenvalue weighted by atomic mass is 10.1. The van der Waals surface area contributed by atoms with Crippen LogP contribution in [0.4, 0.5) is 5.69 Å². The highest BCUT2D eigenvalue weighted by Crippen LogP contribution is 2.28. The van der Waals surface area contributed by atoms with Gasteiger partial charge in [-0.15, -0.1) is 0 Å². The van der Waals surface area contributed by atoms with E-state index >= 15 is 0 Å². The van der Waals surface area contributed by atoms with Crippen LogP contribution in [0.3, 0.4) is 0 Å². The first-order chi connectivity index (χ1) is 18.8. The van der Waals surface area contributed by atoms with E-state index in [0.29, 0.717) is 29.1 Å². The van der Waals surface area contributed by atoms with Gasteiger partial charge in [0, 0.05) is 28.7 Å². The lowest BCUT2D eigenvalue weighted by Crippen LogP contribution is -2.14. The molecule has 0 aliphatic carbocycles. The predicted octanol–water partition coefficient (Wildman–Crippen LogP) is 6.21. The standard InChI is InChI=1S/C32H32N4O3/c1-20-22(3)35(18-24-11-7-6-8-12-24)29-16-15-25(17-28(20)29)31(37)33-30-21(2)34-36(23(30)4)19-26-13-9-10-14-27(26)32(38)39-5/h6-17H,18-19H2,1-5H3,(H,33,37). The molecule has 0 saturated carbocycles. The summed E-state index contributed by atoms with van der Waals surface area (Å²) in [6.07, 6.45) is 0. The minimum atomic E-state index is -0.390. The van der Waals surface area contributed by atoms with E-state index in [0.717, 1.165) is 28.7 Å². The van der Waals surface area contributed by atoms with E-state index in [4.69, 9.17) is 4.74 Å². The normalized spacial score (nSPS) is 11.1. The minimum Gasteiger partial charge on any atom is -0.465 e. The van der Waals surface area contributed by atoms with Gasteiger partial charge in [-0.1, -0.05) is 48.5 Å². The van der Waals surface area contributed by atoms with Crippen LogP contribution in [0.5, 0.6) is 0 Å². The molecule has 0 spiro atoms. The average molecular weight is 521 g/mol. The Labute approximate surface area is 228 Å². The Morgan fingerprint density at radius 2 is 1.59 bits per heavy atom. The smallest absolute Gasteiger partial charge is 0.338 e. The predicted molar refractivity (Wildman–Crippen MR) is 153 cm³/mol. The molecular formula is C32H32N4O3. The summed E-state index contributed by atoms with van der Waals surface area (Å²) in [7, 11) is 1.37. The Hall–Kier alpha value is -4.65. The van der Waals surface area contributed by atoms with Crippen LogP contribution in [0.2, 0.25) is 0 Å². The molecule has 5 rings (SSSR count). The topological polar surface area (TPSA) is 78.2 Å². The summed E-state index contributed by atoms with van der Waals surface area (Å²) in [5.41, 5.74) is 8.76. The van der Waals surface area contributed by atoms with Crippen molar-refractivity contribution in [2.45, 2.75) is 40.8 Å². The largest absolute Gasteiger partial charge is 0.465 e. The van der Waals surface area contributed by atoms with Gasteiger partial charge in [0.15, 0.2) is 0 Å². The Bertz CT molecular complexity index is 1700. The lowest BCUT2D eigenvalue weighted by molar-refractivity contribution is 0.0599. The van der Waals surface area contributed by atoms with Crippen molar-refractivity contribution in [1.29, 1.82) is 0 Å². The monoisotopic (exact) mass is 520 g/mol. The molecule has 7 nitrogen and oxygen atoms in total. The fourth-order valence-electron chi connectivity index (χ4n) is 5.11. The Balaban J connectivity index is 1.41. The summed E-state index contributed by atoms with van der Waals surface area (Å²) in [5, 5.41) is 8.79. The Morgan fingerprint density at radius 1 is 0.872 bits per heavy atom. The van der Waals surface area contributed by atoms with Gasteiger partial charge in [0.05, 0.1) is 36.3 Å². The number of hydrogen-bond donors (Lipinski definition) is 1. The second-order valence-corrected chi connectivity index (χ2v) is 9.82. The van der Waals surface area contributed by atoms with Crippen molar-refractivity contribution in [2.24, 2.45) is 0 Å². The molecule has 5 aromatic rings. The zero-order valence-corrected chi connectivity index (χ0v) is 22.9. The highest BCUT2D eigenvalue weighted by atomic mass is 16.5. The van der Waals surface area contributed by atoms with Gasteiger partial charge in [0.2, 0.25) is 0 Å². The zero-order valence-electron chi connectivity index (χ0n) is 22.9. The van der Waals surface area contributed by atoms with Crippen molar-refractivity contribution in [3.05, 3.63) is 118 Å². The maximum absolute atomic E-state index is 13.4. The van der Waals surface area contributed by atoms with E-state index in [1.54, 1.807) is 16.8 Å². The van der Waals surface area contributed by atoms with Crippen LogP contribution in [0.15, 0.2) is 72.8 Å². The molecule has 0 radical (unpaired) electrons. The second kappa shape index (κ2) is 10.6. The third-order valence-corrected chi connectivity index (χ3v) is 7.45. The van der Waals surface area contributed by atoms with Gasteiger partial charge < -0.3 is 14.6 Å². The van der Waals surface area contributed by atoms with E-state index in [-0.39, 0.29) is 11.9 Å². The third kappa shape index (κ3) is 4.95.